The van der Waals surface area contributed by atoms with E-state index in [1.54, 1.807) is 30.2 Å². The molecule has 0 aliphatic carbocycles. The maximum Gasteiger partial charge on any atom is 0.317 e. The van der Waals surface area contributed by atoms with Crippen LogP contribution in [0.15, 0.2) is 17.5 Å². The average molecular weight is 298 g/mol. The summed E-state index contributed by atoms with van der Waals surface area (Å²) in [6.45, 7) is 3.95. The number of aliphatic carboxylic acids is 1. The van der Waals surface area contributed by atoms with Gasteiger partial charge in [0.15, 0.2) is 0 Å². The normalized spacial score (nSPS) is 13.6. The first kappa shape index (κ1) is 16.5. The van der Waals surface area contributed by atoms with Crippen LogP contribution in [0.5, 0.6) is 0 Å². The van der Waals surface area contributed by atoms with Gasteiger partial charge in [-0.3, -0.25) is 4.79 Å². The van der Waals surface area contributed by atoms with Crippen molar-refractivity contribution >= 4 is 23.3 Å². The molecule has 1 aromatic heterocycles. The minimum absolute atomic E-state index is 0.0681. The highest BCUT2D eigenvalue weighted by Gasteiger charge is 2.20. The van der Waals surface area contributed by atoms with E-state index >= 15 is 0 Å². The van der Waals surface area contributed by atoms with E-state index in [1.807, 2.05) is 24.4 Å². The summed E-state index contributed by atoms with van der Waals surface area (Å²) in [4.78, 5) is 25.7. The van der Waals surface area contributed by atoms with Gasteiger partial charge < -0.3 is 15.3 Å². The standard InChI is InChI=1S/C14H22N2O3S/c1-4-11(13(17)18)9-15-14(19)16(3)10(2)8-12-6-5-7-20-12/h5-7,10-11H,4,8-9H2,1-3H3,(H,15,19)(H,17,18). The lowest BCUT2D eigenvalue weighted by Crippen LogP contribution is -2.45. The molecule has 2 unspecified atom stereocenters. The van der Waals surface area contributed by atoms with Crippen LogP contribution in [-0.2, 0) is 11.2 Å². The highest BCUT2D eigenvalue weighted by Crippen LogP contribution is 2.13. The van der Waals surface area contributed by atoms with Crippen LogP contribution < -0.4 is 5.32 Å². The topological polar surface area (TPSA) is 69.6 Å². The third-order valence-corrected chi connectivity index (χ3v) is 4.30. The van der Waals surface area contributed by atoms with Gasteiger partial charge in [-0.25, -0.2) is 4.79 Å². The van der Waals surface area contributed by atoms with Crippen LogP contribution >= 0.6 is 11.3 Å². The van der Waals surface area contributed by atoms with Crippen LogP contribution in [-0.4, -0.2) is 41.6 Å². The molecule has 0 saturated carbocycles. The van der Waals surface area contributed by atoms with E-state index in [0.29, 0.717) is 6.42 Å². The van der Waals surface area contributed by atoms with Crippen LogP contribution in [0.25, 0.3) is 0 Å². The van der Waals surface area contributed by atoms with Gasteiger partial charge in [-0.15, -0.1) is 11.3 Å². The first-order valence-electron chi connectivity index (χ1n) is 6.71. The molecule has 0 spiro atoms. The Morgan fingerprint density at radius 2 is 2.20 bits per heavy atom. The molecule has 0 bridgehead atoms. The van der Waals surface area contributed by atoms with Crippen molar-refractivity contribution in [1.82, 2.24) is 10.2 Å². The summed E-state index contributed by atoms with van der Waals surface area (Å²) >= 11 is 1.67. The first-order chi connectivity index (χ1) is 9.45. The Morgan fingerprint density at radius 3 is 2.70 bits per heavy atom. The summed E-state index contributed by atoms with van der Waals surface area (Å²) in [6.07, 6.45) is 1.31. The van der Waals surface area contributed by atoms with Crippen LogP contribution in [0.4, 0.5) is 4.79 Å². The number of hydrogen-bond acceptors (Lipinski definition) is 3. The number of thiophene rings is 1. The minimum Gasteiger partial charge on any atom is -0.481 e. The van der Waals surface area contributed by atoms with E-state index in [-0.39, 0.29) is 18.6 Å². The van der Waals surface area contributed by atoms with Crippen molar-refractivity contribution in [2.45, 2.75) is 32.7 Å². The van der Waals surface area contributed by atoms with Gasteiger partial charge >= 0.3 is 12.0 Å². The molecule has 1 rings (SSSR count). The zero-order chi connectivity index (χ0) is 15.1. The number of hydrogen-bond donors (Lipinski definition) is 2. The van der Waals surface area contributed by atoms with Crippen LogP contribution in [0, 0.1) is 5.92 Å². The van der Waals surface area contributed by atoms with Gasteiger partial charge in [0.25, 0.3) is 0 Å². The maximum absolute atomic E-state index is 12.0. The van der Waals surface area contributed by atoms with Crippen molar-refractivity contribution in [3.05, 3.63) is 22.4 Å². The second-order valence-corrected chi connectivity index (χ2v) is 5.91. The number of carbonyl (C=O) groups excluding carboxylic acids is 1. The Morgan fingerprint density at radius 1 is 1.50 bits per heavy atom. The Bertz CT molecular complexity index is 434. The molecule has 2 amide bonds. The minimum atomic E-state index is -0.873. The predicted molar refractivity (Wildman–Crippen MR) is 80.1 cm³/mol. The number of nitrogens with one attached hydrogen (secondary N) is 1. The molecule has 1 heterocycles. The van der Waals surface area contributed by atoms with E-state index in [9.17, 15) is 9.59 Å². The molecule has 20 heavy (non-hydrogen) atoms. The SMILES string of the molecule is CCC(CNC(=O)N(C)C(C)Cc1cccs1)C(=O)O. The van der Waals surface area contributed by atoms with Gasteiger partial charge in [-0.2, -0.15) is 0 Å². The quantitative estimate of drug-likeness (QED) is 0.812. The second-order valence-electron chi connectivity index (χ2n) is 4.87. The lowest BCUT2D eigenvalue weighted by molar-refractivity contribution is -0.141. The summed E-state index contributed by atoms with van der Waals surface area (Å²) in [5, 5.41) is 13.6. The third-order valence-electron chi connectivity index (χ3n) is 3.40. The van der Waals surface area contributed by atoms with Gasteiger partial charge in [0.05, 0.1) is 5.92 Å². The fourth-order valence-electron chi connectivity index (χ4n) is 1.80. The summed E-state index contributed by atoms with van der Waals surface area (Å²) in [5.41, 5.74) is 0. The molecular formula is C14H22N2O3S. The third kappa shape index (κ3) is 4.85. The molecule has 1 aromatic rings. The maximum atomic E-state index is 12.0. The molecule has 2 N–H and O–H groups in total. The number of urea groups is 1. The Balaban J connectivity index is 2.43. The summed E-state index contributed by atoms with van der Waals surface area (Å²) in [5.74, 6) is -1.40. The van der Waals surface area contributed by atoms with Crippen LogP contribution in [0.2, 0.25) is 0 Å². The summed E-state index contributed by atoms with van der Waals surface area (Å²) in [6, 6.07) is 3.88. The van der Waals surface area contributed by atoms with Crippen molar-refractivity contribution in [3.8, 4) is 0 Å². The number of carbonyl (C=O) groups is 2. The van der Waals surface area contributed by atoms with Crippen molar-refractivity contribution in [3.63, 3.8) is 0 Å². The molecule has 0 radical (unpaired) electrons. The second kappa shape index (κ2) is 7.89. The van der Waals surface area contributed by atoms with Gasteiger partial charge in [0.1, 0.15) is 0 Å². The van der Waals surface area contributed by atoms with Crippen molar-refractivity contribution in [1.29, 1.82) is 0 Å². The van der Waals surface area contributed by atoms with Crippen molar-refractivity contribution in [2.24, 2.45) is 5.92 Å². The zero-order valence-corrected chi connectivity index (χ0v) is 12.9. The molecule has 0 aliphatic heterocycles. The molecule has 112 valence electrons. The van der Waals surface area contributed by atoms with Gasteiger partial charge in [-0.05, 0) is 24.8 Å². The molecular weight excluding hydrogens is 276 g/mol. The largest absolute Gasteiger partial charge is 0.481 e. The lowest BCUT2D eigenvalue weighted by atomic mass is 10.1. The van der Waals surface area contributed by atoms with E-state index < -0.39 is 11.9 Å². The summed E-state index contributed by atoms with van der Waals surface area (Å²) in [7, 11) is 1.73. The Labute approximate surface area is 123 Å². The van der Waals surface area contributed by atoms with Crippen molar-refractivity contribution < 1.29 is 14.7 Å². The predicted octanol–water partition coefficient (Wildman–Crippen LogP) is 2.43. The fraction of sp³-hybridized carbons (Fsp3) is 0.571. The smallest absolute Gasteiger partial charge is 0.317 e. The molecule has 2 atom stereocenters. The van der Waals surface area contributed by atoms with E-state index in [2.05, 4.69) is 5.32 Å². The van der Waals surface area contributed by atoms with Gasteiger partial charge in [-0.1, -0.05) is 13.0 Å². The molecule has 6 heteroatoms. The van der Waals surface area contributed by atoms with Crippen LogP contribution in [0.3, 0.4) is 0 Å². The lowest BCUT2D eigenvalue weighted by Gasteiger charge is -2.25. The summed E-state index contributed by atoms with van der Waals surface area (Å²) < 4.78 is 0. The number of rotatable bonds is 7. The molecule has 0 aromatic carbocycles. The number of likely N-dealkylation sites (N-methyl/N-ethyl adjacent to an activating group) is 1. The first-order valence-corrected chi connectivity index (χ1v) is 7.59. The number of amides is 2. The van der Waals surface area contributed by atoms with Gasteiger partial charge in [0.2, 0.25) is 0 Å². The zero-order valence-electron chi connectivity index (χ0n) is 12.1. The fourth-order valence-corrected chi connectivity index (χ4v) is 2.62. The molecule has 0 aliphatic rings. The van der Waals surface area contributed by atoms with E-state index in [0.717, 1.165) is 6.42 Å². The van der Waals surface area contributed by atoms with E-state index in [4.69, 9.17) is 5.11 Å². The van der Waals surface area contributed by atoms with E-state index in [1.165, 1.54) is 4.88 Å². The molecule has 5 nitrogen and oxygen atoms in total. The number of carboxylic acid groups (broad SMARTS) is 1. The average Bonchev–Trinajstić information content (AvgIpc) is 2.90. The number of carboxylic acids is 1. The van der Waals surface area contributed by atoms with Crippen LogP contribution in [0.1, 0.15) is 25.1 Å². The molecule has 0 fully saturated rings. The highest BCUT2D eigenvalue weighted by molar-refractivity contribution is 7.09. The molecule has 0 saturated heterocycles. The van der Waals surface area contributed by atoms with Crippen molar-refractivity contribution in [2.75, 3.05) is 13.6 Å². The number of nitrogens with zero attached hydrogens (tertiary/aromatic N) is 1. The Kier molecular flexibility index (Phi) is 6.51. The monoisotopic (exact) mass is 298 g/mol. The Hall–Kier alpha value is -1.56. The van der Waals surface area contributed by atoms with Gasteiger partial charge in [0, 0.05) is 30.9 Å². The highest BCUT2D eigenvalue weighted by atomic mass is 32.1.